The number of hydrogen-bond donors (Lipinski definition) is 3. The molecule has 0 amide bonds. The molecule has 0 aromatic carbocycles. The van der Waals surface area contributed by atoms with Crippen LogP contribution in [0.25, 0.3) is 0 Å². The Morgan fingerprint density at radius 3 is 2.36 bits per heavy atom. The fourth-order valence-corrected chi connectivity index (χ4v) is 5.63. The monoisotopic (exact) mass is 394 g/mol. The van der Waals surface area contributed by atoms with Gasteiger partial charge in [-0.25, -0.2) is 9.59 Å². The summed E-state index contributed by atoms with van der Waals surface area (Å²) in [6.45, 7) is 6.42. The van der Waals surface area contributed by atoms with E-state index in [1.165, 1.54) is 6.92 Å². The highest BCUT2D eigenvalue weighted by Gasteiger charge is 2.74. The predicted octanol–water partition coefficient (Wildman–Crippen LogP) is 0.793. The Hall–Kier alpha value is -1.93. The smallest absolute Gasteiger partial charge is 0.351 e. The molecule has 8 atom stereocenters. The van der Waals surface area contributed by atoms with Gasteiger partial charge in [0.05, 0.1) is 5.57 Å². The summed E-state index contributed by atoms with van der Waals surface area (Å²) in [6.07, 6.45) is -1.35. The minimum atomic E-state index is -1.70. The predicted molar refractivity (Wildman–Crippen MR) is 93.8 cm³/mol. The van der Waals surface area contributed by atoms with E-state index >= 15 is 0 Å². The molecule has 3 heterocycles. The average molecular weight is 394 g/mol. The Bertz CT molecular complexity index is 813. The number of carbonyl (C=O) groups excluding carboxylic acids is 3. The summed E-state index contributed by atoms with van der Waals surface area (Å²) in [4.78, 5) is 38.5. The maximum atomic E-state index is 12.9. The van der Waals surface area contributed by atoms with Crippen LogP contribution in [0.2, 0.25) is 0 Å². The molecule has 5 rings (SSSR count). The molecule has 5 aliphatic rings. The standard InChI is InChI=1S/C20H26O8/c1-8-6-18(3,26)11(21)5-10-12(14(8)22)16(24)27-20-7-9(2)19(4,28-17(20)25)15(23)13(10)20/h8-10,13,15,22-23,26H,5-7H2,1-4H3. The molecule has 8 unspecified atom stereocenters. The highest BCUT2D eigenvalue weighted by Crippen LogP contribution is 2.59. The van der Waals surface area contributed by atoms with Crippen molar-refractivity contribution in [2.75, 3.05) is 0 Å². The maximum Gasteiger partial charge on any atom is 0.351 e. The number of rotatable bonds is 0. The number of ketones is 1. The van der Waals surface area contributed by atoms with Crippen molar-refractivity contribution in [1.82, 2.24) is 0 Å². The number of esters is 2. The van der Waals surface area contributed by atoms with Crippen molar-refractivity contribution in [3.05, 3.63) is 11.3 Å². The van der Waals surface area contributed by atoms with Gasteiger partial charge in [-0.15, -0.1) is 0 Å². The fourth-order valence-electron chi connectivity index (χ4n) is 5.63. The maximum absolute atomic E-state index is 12.9. The summed E-state index contributed by atoms with van der Waals surface area (Å²) >= 11 is 0. The molecule has 3 saturated heterocycles. The van der Waals surface area contributed by atoms with Crippen LogP contribution in [0, 0.1) is 23.7 Å². The summed E-state index contributed by atoms with van der Waals surface area (Å²) in [6, 6.07) is 0. The fraction of sp³-hybridized carbons (Fsp3) is 0.750. The minimum absolute atomic E-state index is 0.0453. The molecule has 4 fully saturated rings. The lowest BCUT2D eigenvalue weighted by molar-refractivity contribution is -0.296. The number of hydrogen-bond acceptors (Lipinski definition) is 8. The van der Waals surface area contributed by atoms with Crippen molar-refractivity contribution in [2.24, 2.45) is 23.7 Å². The van der Waals surface area contributed by atoms with E-state index in [1.807, 2.05) is 0 Å². The first-order valence-electron chi connectivity index (χ1n) is 9.68. The van der Waals surface area contributed by atoms with Gasteiger partial charge in [-0.2, -0.15) is 0 Å². The van der Waals surface area contributed by atoms with Crippen molar-refractivity contribution < 1.29 is 39.2 Å². The molecule has 28 heavy (non-hydrogen) atoms. The molecule has 1 saturated carbocycles. The molecule has 0 aromatic rings. The molecular formula is C20H26O8. The van der Waals surface area contributed by atoms with Gasteiger partial charge in [0, 0.05) is 36.5 Å². The van der Waals surface area contributed by atoms with Crippen molar-refractivity contribution in [2.45, 2.75) is 69.9 Å². The normalized spacial score (nSPS) is 50.9. The van der Waals surface area contributed by atoms with Crippen LogP contribution in [0.4, 0.5) is 0 Å². The first-order chi connectivity index (χ1) is 12.8. The molecule has 154 valence electrons. The third kappa shape index (κ3) is 2.21. The van der Waals surface area contributed by atoms with E-state index in [0.717, 1.165) is 0 Å². The van der Waals surface area contributed by atoms with Crippen molar-refractivity contribution in [3.8, 4) is 0 Å². The lowest BCUT2D eigenvalue weighted by Crippen LogP contribution is -2.77. The first-order valence-corrected chi connectivity index (χ1v) is 9.68. The Morgan fingerprint density at radius 1 is 1.07 bits per heavy atom. The summed E-state index contributed by atoms with van der Waals surface area (Å²) in [5.41, 5.74) is -4.66. The SMILES string of the molecule is CC1CC(C)(O)C(=O)CC2C(=C1O)C(=O)OC13CC(C)C(C)(OC1=O)C(O)C23. The second kappa shape index (κ2) is 5.57. The zero-order valence-electron chi connectivity index (χ0n) is 16.4. The Labute approximate surface area is 162 Å². The molecule has 8 heteroatoms. The molecule has 1 spiro atoms. The first kappa shape index (κ1) is 19.4. The van der Waals surface area contributed by atoms with Gasteiger partial charge in [-0.1, -0.05) is 13.8 Å². The number of ether oxygens (including phenoxy) is 2. The second-order valence-corrected chi connectivity index (χ2v) is 9.34. The van der Waals surface area contributed by atoms with Crippen LogP contribution in [-0.4, -0.2) is 55.9 Å². The van der Waals surface area contributed by atoms with Gasteiger partial charge in [0.25, 0.3) is 0 Å². The van der Waals surface area contributed by atoms with Crippen LogP contribution in [-0.2, 0) is 23.9 Å². The van der Waals surface area contributed by atoms with Crippen molar-refractivity contribution in [1.29, 1.82) is 0 Å². The number of fused-ring (bicyclic) bond motifs is 3. The van der Waals surface area contributed by atoms with Crippen molar-refractivity contribution >= 4 is 17.7 Å². The molecule has 0 aromatic heterocycles. The Kier molecular flexibility index (Phi) is 3.86. The van der Waals surface area contributed by atoms with E-state index in [9.17, 15) is 29.7 Å². The minimum Gasteiger partial charge on any atom is -0.511 e. The van der Waals surface area contributed by atoms with Gasteiger partial charge >= 0.3 is 11.9 Å². The molecule has 2 aliphatic carbocycles. The van der Waals surface area contributed by atoms with Gasteiger partial charge in [0.1, 0.15) is 23.1 Å². The number of aliphatic hydroxyl groups excluding tert-OH is 2. The van der Waals surface area contributed by atoms with Crippen LogP contribution in [0.1, 0.15) is 47.0 Å². The van der Waals surface area contributed by atoms with E-state index in [2.05, 4.69) is 0 Å². The van der Waals surface area contributed by atoms with Crippen LogP contribution in [0.3, 0.4) is 0 Å². The summed E-state index contributed by atoms with van der Waals surface area (Å²) in [7, 11) is 0. The summed E-state index contributed by atoms with van der Waals surface area (Å²) in [5, 5.41) is 32.5. The highest BCUT2D eigenvalue weighted by molar-refractivity contribution is 5.98. The number of aliphatic hydroxyl groups is 3. The van der Waals surface area contributed by atoms with Crippen LogP contribution in [0.5, 0.6) is 0 Å². The third-order valence-electron chi connectivity index (χ3n) is 7.46. The quantitative estimate of drug-likeness (QED) is 0.514. The third-order valence-corrected chi connectivity index (χ3v) is 7.46. The van der Waals surface area contributed by atoms with Crippen LogP contribution < -0.4 is 0 Å². The zero-order valence-corrected chi connectivity index (χ0v) is 16.4. The molecule has 3 aliphatic heterocycles. The van der Waals surface area contributed by atoms with Gasteiger partial charge in [0.2, 0.25) is 5.60 Å². The van der Waals surface area contributed by atoms with E-state index in [0.29, 0.717) is 0 Å². The van der Waals surface area contributed by atoms with Crippen molar-refractivity contribution in [3.63, 3.8) is 0 Å². The zero-order chi connectivity index (χ0) is 20.8. The topological polar surface area (TPSA) is 130 Å². The van der Waals surface area contributed by atoms with Crippen LogP contribution in [0.15, 0.2) is 11.3 Å². The number of Topliss-reactive ketones (excluding diaryl/α,β-unsaturated/α-hetero) is 1. The van der Waals surface area contributed by atoms with Crippen LogP contribution >= 0.6 is 0 Å². The van der Waals surface area contributed by atoms with Gasteiger partial charge < -0.3 is 24.8 Å². The largest absolute Gasteiger partial charge is 0.511 e. The van der Waals surface area contributed by atoms with E-state index in [1.54, 1.807) is 20.8 Å². The van der Waals surface area contributed by atoms with E-state index in [-0.39, 0.29) is 36.5 Å². The average Bonchev–Trinajstić information content (AvgIpc) is 2.57. The van der Waals surface area contributed by atoms with Gasteiger partial charge in [-0.3, -0.25) is 4.79 Å². The lowest BCUT2D eigenvalue weighted by atomic mass is 9.53. The van der Waals surface area contributed by atoms with E-state index in [4.69, 9.17) is 9.47 Å². The Morgan fingerprint density at radius 2 is 1.71 bits per heavy atom. The second-order valence-electron chi connectivity index (χ2n) is 9.34. The lowest BCUT2D eigenvalue weighted by Gasteiger charge is -2.62. The molecule has 3 N–H and O–H groups in total. The van der Waals surface area contributed by atoms with Gasteiger partial charge in [-0.05, 0) is 20.3 Å². The summed E-state index contributed by atoms with van der Waals surface area (Å²) < 4.78 is 11.0. The summed E-state index contributed by atoms with van der Waals surface area (Å²) in [5.74, 6) is -5.19. The molecular weight excluding hydrogens is 368 g/mol. The number of carbonyl (C=O) groups is 3. The molecule has 0 radical (unpaired) electrons. The molecule has 8 nitrogen and oxygen atoms in total. The van der Waals surface area contributed by atoms with Gasteiger partial charge in [0.15, 0.2) is 5.78 Å². The molecule has 2 bridgehead atoms. The van der Waals surface area contributed by atoms with E-state index < -0.39 is 58.4 Å². The highest BCUT2D eigenvalue weighted by atomic mass is 16.6. The number of allylic oxidation sites excluding steroid dienone is 1. The Balaban J connectivity index is 1.92.